The third kappa shape index (κ3) is 8.16. The Hall–Kier alpha value is -2.72. The minimum atomic E-state index is -4.41. The molecule has 1 aliphatic heterocycles. The lowest BCUT2D eigenvalue weighted by atomic mass is 9.90. The molecule has 3 aromatic carbocycles. The van der Waals surface area contributed by atoms with Crippen LogP contribution in [0.5, 0.6) is 0 Å². The summed E-state index contributed by atoms with van der Waals surface area (Å²) in [7, 11) is -3.23. The number of halogens is 3. The van der Waals surface area contributed by atoms with Crippen LogP contribution in [-0.2, 0) is 27.5 Å². The Labute approximate surface area is 235 Å². The highest BCUT2D eigenvalue weighted by atomic mass is 32.2. The number of nitrogens with zero attached hydrogens (tertiary/aromatic N) is 2. The molecule has 0 amide bonds. The maximum absolute atomic E-state index is 13.6. The third-order valence-electron chi connectivity index (χ3n) is 7.54. The molecule has 1 unspecified atom stereocenters. The molecule has 1 fully saturated rings. The molecule has 216 valence electrons. The van der Waals surface area contributed by atoms with Crippen molar-refractivity contribution in [1.82, 2.24) is 9.21 Å². The van der Waals surface area contributed by atoms with Crippen molar-refractivity contribution in [2.75, 3.05) is 39.0 Å². The van der Waals surface area contributed by atoms with Crippen LogP contribution in [0.1, 0.15) is 46.6 Å². The number of alkyl halides is 3. The fraction of sp³-hybridized carbons (Fsp3) is 0.419. The summed E-state index contributed by atoms with van der Waals surface area (Å²) in [6, 6.07) is 24.7. The Bertz CT molecular complexity index is 1300. The summed E-state index contributed by atoms with van der Waals surface area (Å²) in [5, 5.41) is 0. The van der Waals surface area contributed by atoms with Crippen molar-refractivity contribution in [2.45, 2.75) is 44.5 Å². The molecule has 1 saturated heterocycles. The Morgan fingerprint density at radius 1 is 0.975 bits per heavy atom. The topological polar surface area (TPSA) is 49.9 Å². The van der Waals surface area contributed by atoms with Crippen molar-refractivity contribution >= 4 is 10.0 Å². The molecule has 0 aromatic heterocycles. The first kappa shape index (κ1) is 30.2. The van der Waals surface area contributed by atoms with Gasteiger partial charge in [-0.1, -0.05) is 72.8 Å². The first-order chi connectivity index (χ1) is 19.0. The van der Waals surface area contributed by atoms with Gasteiger partial charge in [0.25, 0.3) is 0 Å². The number of hydrogen-bond acceptors (Lipinski definition) is 4. The molecule has 0 saturated carbocycles. The van der Waals surface area contributed by atoms with Gasteiger partial charge in [0.1, 0.15) is 0 Å². The molecule has 9 heteroatoms. The summed E-state index contributed by atoms with van der Waals surface area (Å²) < 4.78 is 72.0. The molecule has 4 rings (SSSR count). The summed E-state index contributed by atoms with van der Waals surface area (Å²) in [5.74, 6) is 0.0348. The minimum Gasteiger partial charge on any atom is -0.377 e. The van der Waals surface area contributed by atoms with Crippen molar-refractivity contribution in [2.24, 2.45) is 0 Å². The quantitative estimate of drug-likeness (QED) is 0.246. The molecule has 0 radical (unpaired) electrons. The van der Waals surface area contributed by atoms with Gasteiger partial charge in [0, 0.05) is 45.2 Å². The van der Waals surface area contributed by atoms with E-state index in [1.54, 1.807) is 13.0 Å². The number of sulfonamides is 1. The van der Waals surface area contributed by atoms with E-state index in [9.17, 15) is 21.6 Å². The molecule has 0 spiro atoms. The van der Waals surface area contributed by atoms with E-state index in [1.165, 1.54) is 16.6 Å². The first-order valence-corrected chi connectivity index (χ1v) is 15.4. The number of rotatable bonds is 12. The number of ether oxygens (including phenoxy) is 1. The van der Waals surface area contributed by atoms with Crippen molar-refractivity contribution in [3.05, 3.63) is 107 Å². The molecule has 5 nitrogen and oxygen atoms in total. The number of hydrogen-bond donors (Lipinski definition) is 0. The third-order valence-corrected chi connectivity index (χ3v) is 8.81. The Morgan fingerprint density at radius 2 is 1.60 bits per heavy atom. The van der Waals surface area contributed by atoms with Crippen molar-refractivity contribution in [3.8, 4) is 0 Å². The number of benzene rings is 3. The van der Waals surface area contributed by atoms with Gasteiger partial charge in [-0.3, -0.25) is 4.90 Å². The van der Waals surface area contributed by atoms with E-state index in [2.05, 4.69) is 29.2 Å². The molecule has 0 N–H and O–H groups in total. The standard InChI is InChI=1S/C31H37F3N2O3S/c1-24-27(15-9-16-30(24)31(32,33)34)21-35(18-10-20-39-28-17-19-36(22-28)40(2,37)38)23-29(25-11-5-3-6-12-25)26-13-7-4-8-14-26/h3-9,11-16,28-29H,10,17-23H2,1-2H3. The first-order valence-electron chi connectivity index (χ1n) is 13.6. The maximum atomic E-state index is 13.6. The molecule has 1 atom stereocenters. The molecule has 3 aromatic rings. The highest BCUT2D eigenvalue weighted by Gasteiger charge is 2.33. The van der Waals surface area contributed by atoms with Crippen molar-refractivity contribution in [1.29, 1.82) is 0 Å². The lowest BCUT2D eigenvalue weighted by molar-refractivity contribution is -0.138. The summed E-state index contributed by atoms with van der Waals surface area (Å²) in [5.41, 5.74) is 2.58. The fourth-order valence-electron chi connectivity index (χ4n) is 5.34. The summed E-state index contributed by atoms with van der Waals surface area (Å²) in [4.78, 5) is 2.20. The molecular weight excluding hydrogens is 537 g/mol. The normalized spacial score (nSPS) is 16.7. The van der Waals surface area contributed by atoms with Gasteiger partial charge in [0.2, 0.25) is 10.0 Å². The van der Waals surface area contributed by atoms with Crippen molar-refractivity contribution in [3.63, 3.8) is 0 Å². The summed E-state index contributed by atoms with van der Waals surface area (Å²) >= 11 is 0. The van der Waals surface area contributed by atoms with E-state index in [1.807, 2.05) is 36.4 Å². The Morgan fingerprint density at radius 3 is 2.15 bits per heavy atom. The average Bonchev–Trinajstić information content (AvgIpc) is 3.41. The second-order valence-corrected chi connectivity index (χ2v) is 12.4. The maximum Gasteiger partial charge on any atom is 0.416 e. The van der Waals surface area contributed by atoms with E-state index < -0.39 is 21.8 Å². The van der Waals surface area contributed by atoms with Crippen LogP contribution in [0.25, 0.3) is 0 Å². The van der Waals surface area contributed by atoms with E-state index in [0.29, 0.717) is 57.7 Å². The van der Waals surface area contributed by atoms with E-state index in [4.69, 9.17) is 4.74 Å². The SMILES string of the molecule is Cc1c(CN(CCCOC2CCN(S(C)(=O)=O)C2)CC(c2ccccc2)c2ccccc2)cccc1C(F)(F)F. The van der Waals surface area contributed by atoms with Gasteiger partial charge < -0.3 is 4.74 Å². The second kappa shape index (κ2) is 13.3. The van der Waals surface area contributed by atoms with Crippen LogP contribution in [0.4, 0.5) is 13.2 Å². The van der Waals surface area contributed by atoms with Crippen LogP contribution in [0, 0.1) is 6.92 Å². The lowest BCUT2D eigenvalue weighted by Crippen LogP contribution is -2.32. The summed E-state index contributed by atoms with van der Waals surface area (Å²) in [6.45, 7) is 4.41. The summed E-state index contributed by atoms with van der Waals surface area (Å²) in [6.07, 6.45) is -2.01. The molecule has 0 bridgehead atoms. The predicted octanol–water partition coefficient (Wildman–Crippen LogP) is 6.09. The smallest absolute Gasteiger partial charge is 0.377 e. The average molecular weight is 575 g/mol. The van der Waals surface area contributed by atoms with Gasteiger partial charge in [-0.2, -0.15) is 17.5 Å². The van der Waals surface area contributed by atoms with Crippen LogP contribution in [0.3, 0.4) is 0 Å². The Kier molecular flexibility index (Phi) is 10.1. The van der Waals surface area contributed by atoms with Crippen LogP contribution in [0.2, 0.25) is 0 Å². The van der Waals surface area contributed by atoms with Gasteiger partial charge in [0.05, 0.1) is 17.9 Å². The van der Waals surface area contributed by atoms with E-state index in [0.717, 1.165) is 17.2 Å². The van der Waals surface area contributed by atoms with Crippen LogP contribution in [-0.4, -0.2) is 62.8 Å². The van der Waals surface area contributed by atoms with Crippen LogP contribution >= 0.6 is 0 Å². The second-order valence-electron chi connectivity index (χ2n) is 10.5. The van der Waals surface area contributed by atoms with Gasteiger partial charge in [-0.05, 0) is 48.1 Å². The molecule has 0 aliphatic carbocycles. The highest BCUT2D eigenvalue weighted by Crippen LogP contribution is 2.34. The zero-order valence-corrected chi connectivity index (χ0v) is 23.8. The minimum absolute atomic E-state index is 0.0348. The molecule has 1 aliphatic rings. The van der Waals surface area contributed by atoms with Gasteiger partial charge >= 0.3 is 6.18 Å². The molecule has 40 heavy (non-hydrogen) atoms. The van der Waals surface area contributed by atoms with Crippen LogP contribution in [0.15, 0.2) is 78.9 Å². The Balaban J connectivity index is 1.51. The predicted molar refractivity (Wildman–Crippen MR) is 152 cm³/mol. The van der Waals surface area contributed by atoms with Crippen LogP contribution < -0.4 is 0 Å². The largest absolute Gasteiger partial charge is 0.416 e. The van der Waals surface area contributed by atoms with Crippen molar-refractivity contribution < 1.29 is 26.3 Å². The zero-order valence-electron chi connectivity index (χ0n) is 23.0. The van der Waals surface area contributed by atoms with Gasteiger partial charge in [-0.25, -0.2) is 8.42 Å². The van der Waals surface area contributed by atoms with Gasteiger partial charge in [-0.15, -0.1) is 0 Å². The lowest BCUT2D eigenvalue weighted by Gasteiger charge is -2.29. The van der Waals surface area contributed by atoms with E-state index in [-0.39, 0.29) is 17.6 Å². The molecule has 1 heterocycles. The highest BCUT2D eigenvalue weighted by molar-refractivity contribution is 7.88. The van der Waals surface area contributed by atoms with Gasteiger partial charge in [0.15, 0.2) is 0 Å². The monoisotopic (exact) mass is 574 g/mol. The van der Waals surface area contributed by atoms with E-state index >= 15 is 0 Å². The molecular formula is C31H37F3N2O3S. The fourth-order valence-corrected chi connectivity index (χ4v) is 6.22. The zero-order chi connectivity index (χ0) is 28.8.